The van der Waals surface area contributed by atoms with Gasteiger partial charge in [-0.2, -0.15) is 0 Å². The van der Waals surface area contributed by atoms with Gasteiger partial charge >= 0.3 is 0 Å². The molecule has 2 aliphatic heterocycles. The molecule has 0 amide bonds. The van der Waals surface area contributed by atoms with Gasteiger partial charge in [-0.1, -0.05) is 0 Å². The van der Waals surface area contributed by atoms with Crippen LogP contribution in [0.15, 0.2) is 0 Å². The van der Waals surface area contributed by atoms with Crippen molar-refractivity contribution in [1.82, 2.24) is 4.90 Å². The van der Waals surface area contributed by atoms with Gasteiger partial charge in [0.25, 0.3) is 0 Å². The van der Waals surface area contributed by atoms with Gasteiger partial charge in [0.05, 0.1) is 6.04 Å². The molecule has 2 fully saturated rings. The highest BCUT2D eigenvalue weighted by Crippen LogP contribution is 2.29. The van der Waals surface area contributed by atoms with Crippen LogP contribution < -0.4 is 0 Å². The van der Waals surface area contributed by atoms with E-state index in [1.807, 2.05) is 0 Å². The zero-order valence-corrected chi connectivity index (χ0v) is 6.49. The Hall–Kier alpha value is -0.410. The Kier molecular flexibility index (Phi) is 1.69. The van der Waals surface area contributed by atoms with Crippen molar-refractivity contribution in [2.75, 3.05) is 19.7 Å². The topological polar surface area (TPSA) is 40.5 Å². The molecule has 62 valence electrons. The molecule has 2 atom stereocenters. The van der Waals surface area contributed by atoms with E-state index < -0.39 is 0 Å². The van der Waals surface area contributed by atoms with E-state index in [2.05, 4.69) is 4.90 Å². The third-order valence-corrected chi connectivity index (χ3v) is 2.84. The Balaban J connectivity index is 2.13. The predicted molar refractivity (Wildman–Crippen MR) is 40.2 cm³/mol. The molecule has 0 saturated carbocycles. The van der Waals surface area contributed by atoms with Crippen LogP contribution in [-0.4, -0.2) is 41.5 Å². The zero-order valence-electron chi connectivity index (χ0n) is 6.49. The lowest BCUT2D eigenvalue weighted by Gasteiger charge is -2.16. The van der Waals surface area contributed by atoms with Gasteiger partial charge in [-0.3, -0.25) is 9.69 Å². The molecule has 3 nitrogen and oxygen atoms in total. The van der Waals surface area contributed by atoms with Crippen LogP contribution in [0.25, 0.3) is 0 Å². The van der Waals surface area contributed by atoms with E-state index in [-0.39, 0.29) is 18.6 Å². The number of rotatable bonds is 1. The Bertz CT molecular complexity index is 181. The lowest BCUT2D eigenvalue weighted by atomic mass is 9.99. The monoisotopic (exact) mass is 155 g/mol. The quantitative estimate of drug-likeness (QED) is 0.562. The van der Waals surface area contributed by atoms with Crippen LogP contribution in [0.3, 0.4) is 0 Å². The molecule has 3 heteroatoms. The molecular weight excluding hydrogens is 142 g/mol. The van der Waals surface area contributed by atoms with Crippen molar-refractivity contribution in [3.63, 3.8) is 0 Å². The highest BCUT2D eigenvalue weighted by atomic mass is 16.3. The summed E-state index contributed by atoms with van der Waals surface area (Å²) in [5.41, 5.74) is 0. The van der Waals surface area contributed by atoms with Crippen LogP contribution in [0.2, 0.25) is 0 Å². The Labute approximate surface area is 66.0 Å². The highest BCUT2D eigenvalue weighted by Gasteiger charge is 2.42. The van der Waals surface area contributed by atoms with E-state index in [0.29, 0.717) is 12.2 Å². The average molecular weight is 155 g/mol. The van der Waals surface area contributed by atoms with Crippen LogP contribution in [0.5, 0.6) is 0 Å². The number of carbonyl (C=O) groups is 1. The summed E-state index contributed by atoms with van der Waals surface area (Å²) in [4.78, 5) is 13.5. The molecule has 0 spiro atoms. The van der Waals surface area contributed by atoms with Gasteiger partial charge in [0.1, 0.15) is 0 Å². The minimum atomic E-state index is 0.0694. The standard InChI is InChI=1S/C8H13NO2/c10-5-6-1-3-9-4-2-7(11)8(6)9/h6,8,10H,1-5H2/t6-,8-/m1/s1. The van der Waals surface area contributed by atoms with Crippen LogP contribution in [-0.2, 0) is 4.79 Å². The van der Waals surface area contributed by atoms with Gasteiger partial charge < -0.3 is 5.11 Å². The molecule has 0 aromatic rings. The van der Waals surface area contributed by atoms with Crippen LogP contribution in [0, 0.1) is 5.92 Å². The molecule has 0 aromatic heterocycles. The lowest BCUT2D eigenvalue weighted by molar-refractivity contribution is -0.120. The SMILES string of the molecule is O=C1CCN2CC[C@H](CO)[C@H]12. The normalized spacial score (nSPS) is 38.1. The maximum atomic E-state index is 11.3. The lowest BCUT2D eigenvalue weighted by Crippen LogP contribution is -2.32. The first kappa shape index (κ1) is 7.25. The Morgan fingerprint density at radius 2 is 2.36 bits per heavy atom. The van der Waals surface area contributed by atoms with Gasteiger partial charge in [0.2, 0.25) is 0 Å². The number of aliphatic hydroxyl groups excluding tert-OH is 1. The first-order valence-electron chi connectivity index (χ1n) is 4.20. The Morgan fingerprint density at radius 3 is 3.09 bits per heavy atom. The Morgan fingerprint density at radius 1 is 1.55 bits per heavy atom. The highest BCUT2D eigenvalue weighted by molar-refractivity contribution is 5.86. The summed E-state index contributed by atoms with van der Waals surface area (Å²) in [7, 11) is 0. The molecule has 1 N–H and O–H groups in total. The molecule has 2 heterocycles. The van der Waals surface area contributed by atoms with Crippen molar-refractivity contribution in [3.8, 4) is 0 Å². The molecule has 0 radical (unpaired) electrons. The van der Waals surface area contributed by atoms with Crippen LogP contribution in [0.4, 0.5) is 0 Å². The van der Waals surface area contributed by atoms with Crippen LogP contribution in [0.1, 0.15) is 12.8 Å². The number of carbonyl (C=O) groups excluding carboxylic acids is 1. The first-order valence-corrected chi connectivity index (χ1v) is 4.20. The molecule has 2 saturated heterocycles. The minimum Gasteiger partial charge on any atom is -0.396 e. The maximum Gasteiger partial charge on any atom is 0.151 e. The number of hydrogen-bond donors (Lipinski definition) is 1. The van der Waals surface area contributed by atoms with Gasteiger partial charge in [-0.05, 0) is 13.0 Å². The summed E-state index contributed by atoms with van der Waals surface area (Å²) in [6, 6.07) is 0.0694. The molecule has 0 aromatic carbocycles. The molecule has 2 rings (SSSR count). The molecule has 2 aliphatic rings. The fourth-order valence-electron chi connectivity index (χ4n) is 2.24. The van der Waals surface area contributed by atoms with Gasteiger partial charge in [-0.15, -0.1) is 0 Å². The van der Waals surface area contributed by atoms with Crippen molar-refractivity contribution in [2.24, 2.45) is 5.92 Å². The molecule has 0 bridgehead atoms. The maximum absolute atomic E-state index is 11.3. The number of hydrogen-bond acceptors (Lipinski definition) is 3. The van der Waals surface area contributed by atoms with Crippen molar-refractivity contribution in [3.05, 3.63) is 0 Å². The second kappa shape index (κ2) is 2.57. The molecule has 11 heavy (non-hydrogen) atoms. The summed E-state index contributed by atoms with van der Waals surface area (Å²) in [6.07, 6.45) is 1.69. The zero-order chi connectivity index (χ0) is 7.84. The first-order chi connectivity index (χ1) is 5.33. The summed E-state index contributed by atoms with van der Waals surface area (Å²) < 4.78 is 0. The van der Waals surface area contributed by atoms with Gasteiger partial charge in [0.15, 0.2) is 5.78 Å². The number of fused-ring (bicyclic) bond motifs is 1. The van der Waals surface area contributed by atoms with Crippen molar-refractivity contribution >= 4 is 5.78 Å². The van der Waals surface area contributed by atoms with E-state index in [1.165, 1.54) is 0 Å². The van der Waals surface area contributed by atoms with E-state index in [4.69, 9.17) is 5.11 Å². The second-order valence-corrected chi connectivity index (χ2v) is 3.43. The minimum absolute atomic E-state index is 0.0694. The summed E-state index contributed by atoms with van der Waals surface area (Å²) >= 11 is 0. The van der Waals surface area contributed by atoms with Crippen molar-refractivity contribution < 1.29 is 9.90 Å². The average Bonchev–Trinajstić information content (AvgIpc) is 2.54. The molecular formula is C8H13NO2. The largest absolute Gasteiger partial charge is 0.396 e. The predicted octanol–water partition coefficient (Wildman–Crippen LogP) is -0.358. The number of ketones is 1. The third kappa shape index (κ3) is 0.993. The van der Waals surface area contributed by atoms with E-state index in [1.54, 1.807) is 0 Å². The van der Waals surface area contributed by atoms with E-state index in [9.17, 15) is 4.79 Å². The van der Waals surface area contributed by atoms with E-state index in [0.717, 1.165) is 19.5 Å². The fraction of sp³-hybridized carbons (Fsp3) is 0.875. The fourth-order valence-corrected chi connectivity index (χ4v) is 2.24. The third-order valence-electron chi connectivity index (χ3n) is 2.84. The van der Waals surface area contributed by atoms with Gasteiger partial charge in [0, 0.05) is 25.5 Å². The van der Waals surface area contributed by atoms with Crippen molar-refractivity contribution in [2.45, 2.75) is 18.9 Å². The summed E-state index contributed by atoms with van der Waals surface area (Å²) in [6.45, 7) is 2.09. The van der Waals surface area contributed by atoms with E-state index >= 15 is 0 Å². The number of Topliss-reactive ketones (excluding diaryl/α,β-unsaturated/α-hetero) is 1. The van der Waals surface area contributed by atoms with Crippen molar-refractivity contribution in [1.29, 1.82) is 0 Å². The van der Waals surface area contributed by atoms with Crippen LogP contribution >= 0.6 is 0 Å². The summed E-state index contributed by atoms with van der Waals surface area (Å²) in [5.74, 6) is 0.562. The number of aliphatic hydroxyl groups is 1. The molecule has 0 aliphatic carbocycles. The molecule has 0 unspecified atom stereocenters. The second-order valence-electron chi connectivity index (χ2n) is 3.43. The van der Waals surface area contributed by atoms with Gasteiger partial charge in [-0.25, -0.2) is 0 Å². The number of nitrogens with zero attached hydrogens (tertiary/aromatic N) is 1. The summed E-state index contributed by atoms with van der Waals surface area (Å²) in [5, 5.41) is 8.95. The smallest absolute Gasteiger partial charge is 0.151 e.